The Morgan fingerprint density at radius 2 is 2.50 bits per heavy atom. The van der Waals surface area contributed by atoms with Crippen molar-refractivity contribution in [3.8, 4) is 0 Å². The Labute approximate surface area is 74.7 Å². The van der Waals surface area contributed by atoms with Crippen LogP contribution in [0.15, 0.2) is 34.8 Å². The first-order chi connectivity index (χ1) is 5.79. The number of hydrogen-bond acceptors (Lipinski definition) is 2. The van der Waals surface area contributed by atoms with Gasteiger partial charge in [-0.1, -0.05) is 18.2 Å². The second-order valence-corrected chi connectivity index (χ2v) is 3.73. The van der Waals surface area contributed by atoms with Crippen LogP contribution < -0.4 is 0 Å². The molecule has 1 heterocycles. The number of allylic oxidation sites excluding steroid dienone is 4. The quantitative estimate of drug-likeness (QED) is 0.670. The Morgan fingerprint density at radius 3 is 3.25 bits per heavy atom. The van der Waals surface area contributed by atoms with Crippen molar-refractivity contribution in [1.29, 1.82) is 0 Å². The summed E-state index contributed by atoms with van der Waals surface area (Å²) in [4.78, 5) is 10.7. The Hall–Kier alpha value is -0.960. The maximum absolute atomic E-state index is 10.7. The molecule has 2 rings (SSSR count). The van der Waals surface area contributed by atoms with E-state index < -0.39 is 5.97 Å². The van der Waals surface area contributed by atoms with Gasteiger partial charge in [0.15, 0.2) is 0 Å². The number of fused-ring (bicyclic) bond motifs is 1. The molecule has 1 aliphatic heterocycles. The third-order valence-corrected chi connectivity index (χ3v) is 3.12. The molecule has 0 aromatic rings. The molecule has 3 heteroatoms. The van der Waals surface area contributed by atoms with Crippen molar-refractivity contribution in [3.05, 3.63) is 34.8 Å². The van der Waals surface area contributed by atoms with Gasteiger partial charge in [0.1, 0.15) is 5.25 Å². The molecule has 0 bridgehead atoms. The summed E-state index contributed by atoms with van der Waals surface area (Å²) in [5, 5.41) is 10.4. The summed E-state index contributed by atoms with van der Waals surface area (Å²) in [7, 11) is 0. The first kappa shape index (κ1) is 7.68. The number of carbonyl (C=O) groups is 1. The lowest BCUT2D eigenvalue weighted by Gasteiger charge is -2.10. The van der Waals surface area contributed by atoms with Crippen LogP contribution >= 0.6 is 11.8 Å². The number of carboxylic acids is 1. The van der Waals surface area contributed by atoms with E-state index in [9.17, 15) is 4.79 Å². The van der Waals surface area contributed by atoms with Gasteiger partial charge in [-0.3, -0.25) is 4.79 Å². The van der Waals surface area contributed by atoms with E-state index in [1.165, 1.54) is 11.8 Å². The van der Waals surface area contributed by atoms with E-state index in [1.54, 1.807) is 0 Å². The van der Waals surface area contributed by atoms with Crippen LogP contribution in [0.4, 0.5) is 0 Å². The van der Waals surface area contributed by atoms with E-state index in [-0.39, 0.29) is 5.25 Å². The van der Waals surface area contributed by atoms with Crippen LogP contribution in [0.25, 0.3) is 0 Å². The zero-order valence-corrected chi connectivity index (χ0v) is 7.17. The summed E-state index contributed by atoms with van der Waals surface area (Å²) in [6.07, 6.45) is 6.74. The molecule has 2 aliphatic rings. The maximum atomic E-state index is 10.7. The summed E-state index contributed by atoms with van der Waals surface area (Å²) < 4.78 is 0. The highest BCUT2D eigenvalue weighted by atomic mass is 32.2. The van der Waals surface area contributed by atoms with Crippen LogP contribution in [0, 0.1) is 0 Å². The molecule has 2 nitrogen and oxygen atoms in total. The van der Waals surface area contributed by atoms with Gasteiger partial charge < -0.3 is 5.11 Å². The minimum Gasteiger partial charge on any atom is -0.480 e. The molecule has 1 N–H and O–H groups in total. The van der Waals surface area contributed by atoms with Gasteiger partial charge in [-0.25, -0.2) is 0 Å². The number of rotatable bonds is 1. The van der Waals surface area contributed by atoms with Gasteiger partial charge in [0, 0.05) is 0 Å². The van der Waals surface area contributed by atoms with Gasteiger partial charge in [-0.2, -0.15) is 0 Å². The number of carboxylic acid groups (broad SMARTS) is 1. The highest BCUT2D eigenvalue weighted by Gasteiger charge is 2.29. The predicted octanol–water partition coefficient (Wildman–Crippen LogP) is 1.96. The van der Waals surface area contributed by atoms with Gasteiger partial charge in [-0.15, -0.1) is 11.8 Å². The monoisotopic (exact) mass is 180 g/mol. The standard InChI is InChI=1S/C9H8O2S/c10-9(11)8-7-4-2-1-3-6(7)5-12-8/h1-2,4-5,8H,3H2,(H,10,11). The molecule has 0 saturated heterocycles. The number of hydrogen-bond donors (Lipinski definition) is 1. The van der Waals surface area contributed by atoms with Crippen LogP contribution in [0.1, 0.15) is 6.42 Å². The molecule has 62 valence electrons. The first-order valence-corrected chi connectivity index (χ1v) is 4.68. The fourth-order valence-corrected chi connectivity index (χ4v) is 2.40. The number of thioether (sulfide) groups is 1. The normalized spacial score (nSPS) is 26.2. The van der Waals surface area contributed by atoms with Crippen LogP contribution in [-0.4, -0.2) is 16.3 Å². The first-order valence-electron chi connectivity index (χ1n) is 3.73. The van der Waals surface area contributed by atoms with E-state index >= 15 is 0 Å². The van der Waals surface area contributed by atoms with Gasteiger partial charge in [0.2, 0.25) is 0 Å². The minimum absolute atomic E-state index is 0.370. The third-order valence-electron chi connectivity index (χ3n) is 1.97. The van der Waals surface area contributed by atoms with Crippen molar-refractivity contribution in [2.45, 2.75) is 11.7 Å². The third kappa shape index (κ3) is 1.10. The molecule has 0 amide bonds. The smallest absolute Gasteiger partial charge is 0.321 e. The summed E-state index contributed by atoms with van der Waals surface area (Å²) in [6, 6.07) is 0. The van der Waals surface area contributed by atoms with Crippen molar-refractivity contribution in [1.82, 2.24) is 0 Å². The molecule has 1 unspecified atom stereocenters. The SMILES string of the molecule is O=C(O)C1SC=C2CC=CC=C21. The highest BCUT2D eigenvalue weighted by Crippen LogP contribution is 2.38. The highest BCUT2D eigenvalue weighted by molar-refractivity contribution is 8.04. The van der Waals surface area contributed by atoms with Crippen molar-refractivity contribution in [2.24, 2.45) is 0 Å². The molecular weight excluding hydrogens is 172 g/mol. The summed E-state index contributed by atoms with van der Waals surface area (Å²) in [5.41, 5.74) is 2.13. The molecule has 0 aromatic carbocycles. The summed E-state index contributed by atoms with van der Waals surface area (Å²) in [5.74, 6) is -0.743. The van der Waals surface area contributed by atoms with Gasteiger partial charge in [0.25, 0.3) is 0 Å². The second-order valence-electron chi connectivity index (χ2n) is 2.75. The van der Waals surface area contributed by atoms with Crippen LogP contribution in [0.3, 0.4) is 0 Å². The largest absolute Gasteiger partial charge is 0.480 e. The average molecular weight is 180 g/mol. The molecule has 0 spiro atoms. The Balaban J connectivity index is 2.31. The van der Waals surface area contributed by atoms with E-state index in [2.05, 4.69) is 0 Å². The van der Waals surface area contributed by atoms with E-state index in [0.29, 0.717) is 0 Å². The Kier molecular flexibility index (Phi) is 1.81. The molecule has 0 radical (unpaired) electrons. The predicted molar refractivity (Wildman–Crippen MR) is 48.9 cm³/mol. The van der Waals surface area contributed by atoms with Crippen LogP contribution in [-0.2, 0) is 4.79 Å². The van der Waals surface area contributed by atoms with Crippen molar-refractivity contribution in [2.75, 3.05) is 0 Å². The van der Waals surface area contributed by atoms with Crippen molar-refractivity contribution in [3.63, 3.8) is 0 Å². The molecule has 0 aromatic heterocycles. The van der Waals surface area contributed by atoms with E-state index in [4.69, 9.17) is 5.11 Å². The molecule has 1 atom stereocenters. The van der Waals surface area contributed by atoms with Crippen molar-refractivity contribution < 1.29 is 9.90 Å². The Morgan fingerprint density at radius 1 is 1.67 bits per heavy atom. The molecule has 1 aliphatic carbocycles. The minimum atomic E-state index is -0.743. The van der Waals surface area contributed by atoms with Crippen molar-refractivity contribution >= 4 is 17.7 Å². The summed E-state index contributed by atoms with van der Waals surface area (Å²) >= 11 is 1.39. The zero-order chi connectivity index (χ0) is 8.55. The summed E-state index contributed by atoms with van der Waals surface area (Å²) in [6.45, 7) is 0. The average Bonchev–Trinajstić information content (AvgIpc) is 2.47. The van der Waals surface area contributed by atoms with E-state index in [1.807, 2.05) is 23.6 Å². The molecule has 12 heavy (non-hydrogen) atoms. The zero-order valence-electron chi connectivity index (χ0n) is 6.36. The molecule has 0 fully saturated rings. The van der Waals surface area contributed by atoms with Gasteiger partial charge in [0.05, 0.1) is 0 Å². The van der Waals surface area contributed by atoms with Crippen LogP contribution in [0.2, 0.25) is 0 Å². The number of aliphatic carboxylic acids is 1. The Bertz CT molecular complexity index is 312. The van der Waals surface area contributed by atoms with E-state index in [0.717, 1.165) is 17.6 Å². The lowest BCUT2D eigenvalue weighted by molar-refractivity contribution is -0.135. The van der Waals surface area contributed by atoms with Crippen LogP contribution in [0.5, 0.6) is 0 Å². The lowest BCUT2D eigenvalue weighted by Crippen LogP contribution is -2.16. The second kappa shape index (κ2) is 2.83. The lowest BCUT2D eigenvalue weighted by atomic mass is 9.97. The van der Waals surface area contributed by atoms with Gasteiger partial charge in [-0.05, 0) is 23.0 Å². The molecule has 0 saturated carbocycles. The fraction of sp³-hybridized carbons (Fsp3) is 0.222. The topological polar surface area (TPSA) is 37.3 Å². The van der Waals surface area contributed by atoms with Gasteiger partial charge >= 0.3 is 5.97 Å². The fourth-order valence-electron chi connectivity index (χ4n) is 1.38. The molecular formula is C9H8O2S. The maximum Gasteiger partial charge on any atom is 0.321 e.